The first-order valence-electron chi connectivity index (χ1n) is 5.39. The molecule has 0 spiro atoms. The summed E-state index contributed by atoms with van der Waals surface area (Å²) in [7, 11) is 0. The number of aliphatic hydroxyl groups excluding tert-OH is 1. The zero-order valence-electron chi connectivity index (χ0n) is 9.82. The lowest BCUT2D eigenvalue weighted by Gasteiger charge is -2.23. The number of aromatic nitrogens is 2. The number of carbonyl (C=O) groups is 1. The van der Waals surface area contributed by atoms with E-state index in [-0.39, 0.29) is 12.5 Å². The Hall–Kier alpha value is -1.88. The number of carbonyl (C=O) groups excluding carboxylic acids is 1. The van der Waals surface area contributed by atoms with E-state index >= 15 is 0 Å². The third-order valence-electron chi connectivity index (χ3n) is 2.58. The number of aromatic amines is 1. The predicted octanol–water partition coefficient (Wildman–Crippen LogP) is 1.06. The van der Waals surface area contributed by atoms with E-state index in [1.165, 1.54) is 0 Å². The van der Waals surface area contributed by atoms with Crippen LogP contribution in [0, 0.1) is 0 Å². The molecule has 0 saturated heterocycles. The molecule has 3 N–H and O–H groups in total. The minimum atomic E-state index is -0.636. The van der Waals surface area contributed by atoms with E-state index in [1.807, 2.05) is 6.07 Å². The van der Waals surface area contributed by atoms with Crippen LogP contribution in [0.1, 0.15) is 24.2 Å². The zero-order valence-corrected chi connectivity index (χ0v) is 9.82. The molecule has 90 valence electrons. The van der Waals surface area contributed by atoms with Gasteiger partial charge in [-0.05, 0) is 26.0 Å². The second-order valence-electron chi connectivity index (χ2n) is 4.63. The van der Waals surface area contributed by atoms with Crippen molar-refractivity contribution in [1.29, 1.82) is 0 Å². The molecule has 1 amide bonds. The molecule has 1 heterocycles. The van der Waals surface area contributed by atoms with E-state index in [9.17, 15) is 4.79 Å². The van der Waals surface area contributed by atoms with Gasteiger partial charge in [-0.15, -0.1) is 0 Å². The molecule has 1 aromatic carbocycles. The average molecular weight is 233 g/mol. The van der Waals surface area contributed by atoms with Gasteiger partial charge in [0.1, 0.15) is 0 Å². The van der Waals surface area contributed by atoms with E-state index in [0.29, 0.717) is 5.56 Å². The predicted molar refractivity (Wildman–Crippen MR) is 64.7 cm³/mol. The van der Waals surface area contributed by atoms with Crippen molar-refractivity contribution in [2.45, 2.75) is 19.4 Å². The molecule has 0 unspecified atom stereocenters. The van der Waals surface area contributed by atoms with Crippen molar-refractivity contribution in [2.75, 3.05) is 6.61 Å². The van der Waals surface area contributed by atoms with Crippen LogP contribution in [-0.2, 0) is 0 Å². The molecule has 17 heavy (non-hydrogen) atoms. The Bertz CT molecular complexity index is 545. The molecule has 0 atom stereocenters. The summed E-state index contributed by atoms with van der Waals surface area (Å²) in [6.07, 6.45) is 1.62. The molecule has 0 aliphatic heterocycles. The molecule has 5 heteroatoms. The number of H-pyrrole nitrogens is 1. The molecular formula is C12H15N3O2. The largest absolute Gasteiger partial charge is 0.394 e. The summed E-state index contributed by atoms with van der Waals surface area (Å²) in [6, 6.07) is 5.39. The zero-order chi connectivity index (χ0) is 12.5. The van der Waals surface area contributed by atoms with Crippen molar-refractivity contribution in [3.05, 3.63) is 30.0 Å². The van der Waals surface area contributed by atoms with Crippen LogP contribution in [0.3, 0.4) is 0 Å². The van der Waals surface area contributed by atoms with Gasteiger partial charge in [-0.2, -0.15) is 5.10 Å². The Balaban J connectivity index is 2.34. The molecule has 0 fully saturated rings. The fourth-order valence-corrected chi connectivity index (χ4v) is 1.58. The number of aliphatic hydroxyl groups is 1. The lowest BCUT2D eigenvalue weighted by molar-refractivity contribution is 0.0871. The maximum absolute atomic E-state index is 12.1. The van der Waals surface area contributed by atoms with Crippen LogP contribution in [0.5, 0.6) is 0 Å². The van der Waals surface area contributed by atoms with Crippen LogP contribution in [0.4, 0.5) is 0 Å². The first-order chi connectivity index (χ1) is 8.03. The second kappa shape index (κ2) is 4.18. The molecule has 2 aromatic rings. The molecular weight excluding hydrogens is 218 g/mol. The van der Waals surface area contributed by atoms with Gasteiger partial charge in [0.15, 0.2) is 0 Å². The summed E-state index contributed by atoms with van der Waals surface area (Å²) in [5, 5.41) is 19.4. The molecule has 0 saturated carbocycles. The summed E-state index contributed by atoms with van der Waals surface area (Å²) in [6.45, 7) is 3.42. The molecule has 0 radical (unpaired) electrons. The average Bonchev–Trinajstić information content (AvgIpc) is 2.76. The lowest BCUT2D eigenvalue weighted by atomic mass is 10.0. The van der Waals surface area contributed by atoms with Gasteiger partial charge in [-0.3, -0.25) is 9.89 Å². The number of hydrogen-bond acceptors (Lipinski definition) is 3. The normalized spacial score (nSPS) is 11.7. The van der Waals surface area contributed by atoms with E-state index < -0.39 is 5.54 Å². The Morgan fingerprint density at radius 2 is 2.29 bits per heavy atom. The Labute approximate surface area is 98.8 Å². The van der Waals surface area contributed by atoms with Crippen molar-refractivity contribution in [3.8, 4) is 0 Å². The third kappa shape index (κ3) is 2.29. The van der Waals surface area contributed by atoms with E-state index in [1.54, 1.807) is 32.2 Å². The Kier molecular flexibility index (Phi) is 2.85. The number of fused-ring (bicyclic) bond motifs is 1. The van der Waals surface area contributed by atoms with E-state index in [0.717, 1.165) is 10.9 Å². The van der Waals surface area contributed by atoms with Gasteiger partial charge in [0.25, 0.3) is 5.91 Å². The van der Waals surface area contributed by atoms with Crippen molar-refractivity contribution in [1.82, 2.24) is 15.5 Å². The molecule has 0 aliphatic rings. The SMILES string of the molecule is CC(C)(CO)NC(=O)c1cccc2[nH]ncc12. The lowest BCUT2D eigenvalue weighted by Crippen LogP contribution is -2.46. The number of benzene rings is 1. The van der Waals surface area contributed by atoms with Crippen molar-refractivity contribution < 1.29 is 9.90 Å². The number of hydrogen-bond donors (Lipinski definition) is 3. The molecule has 5 nitrogen and oxygen atoms in total. The van der Waals surface area contributed by atoms with Gasteiger partial charge in [0.2, 0.25) is 0 Å². The van der Waals surface area contributed by atoms with Crippen LogP contribution >= 0.6 is 0 Å². The van der Waals surface area contributed by atoms with Crippen molar-refractivity contribution >= 4 is 16.8 Å². The van der Waals surface area contributed by atoms with Crippen molar-refractivity contribution in [3.63, 3.8) is 0 Å². The highest BCUT2D eigenvalue weighted by Gasteiger charge is 2.21. The molecule has 0 bridgehead atoms. The maximum atomic E-state index is 12.1. The minimum Gasteiger partial charge on any atom is -0.394 e. The second-order valence-corrected chi connectivity index (χ2v) is 4.63. The van der Waals surface area contributed by atoms with Crippen LogP contribution in [0.2, 0.25) is 0 Å². The van der Waals surface area contributed by atoms with E-state index in [4.69, 9.17) is 5.11 Å². The Morgan fingerprint density at radius 1 is 1.53 bits per heavy atom. The van der Waals surface area contributed by atoms with Crippen LogP contribution < -0.4 is 5.32 Å². The fourth-order valence-electron chi connectivity index (χ4n) is 1.58. The number of nitrogens with one attached hydrogen (secondary N) is 2. The van der Waals surface area contributed by atoms with Gasteiger partial charge in [-0.1, -0.05) is 6.07 Å². The van der Waals surface area contributed by atoms with Gasteiger partial charge < -0.3 is 10.4 Å². The summed E-state index contributed by atoms with van der Waals surface area (Å²) >= 11 is 0. The monoisotopic (exact) mass is 233 g/mol. The number of rotatable bonds is 3. The highest BCUT2D eigenvalue weighted by atomic mass is 16.3. The van der Waals surface area contributed by atoms with Gasteiger partial charge in [0, 0.05) is 5.39 Å². The first kappa shape index (κ1) is 11.6. The molecule has 2 rings (SSSR count). The smallest absolute Gasteiger partial charge is 0.252 e. The van der Waals surface area contributed by atoms with Crippen LogP contribution in [0.15, 0.2) is 24.4 Å². The van der Waals surface area contributed by atoms with Gasteiger partial charge in [-0.25, -0.2) is 0 Å². The fraction of sp³-hybridized carbons (Fsp3) is 0.333. The highest BCUT2D eigenvalue weighted by Crippen LogP contribution is 2.16. The molecule has 0 aliphatic carbocycles. The number of amides is 1. The quantitative estimate of drug-likeness (QED) is 0.741. The summed E-state index contributed by atoms with van der Waals surface area (Å²) in [5.41, 5.74) is 0.737. The summed E-state index contributed by atoms with van der Waals surface area (Å²) < 4.78 is 0. The van der Waals surface area contributed by atoms with Crippen molar-refractivity contribution in [2.24, 2.45) is 0 Å². The minimum absolute atomic E-state index is 0.111. The Morgan fingerprint density at radius 3 is 3.00 bits per heavy atom. The van der Waals surface area contributed by atoms with Crippen LogP contribution in [-0.4, -0.2) is 33.4 Å². The maximum Gasteiger partial charge on any atom is 0.252 e. The third-order valence-corrected chi connectivity index (χ3v) is 2.58. The van der Waals surface area contributed by atoms with E-state index in [2.05, 4.69) is 15.5 Å². The summed E-state index contributed by atoms with van der Waals surface area (Å²) in [4.78, 5) is 12.1. The van der Waals surface area contributed by atoms with Gasteiger partial charge >= 0.3 is 0 Å². The summed E-state index contributed by atoms with van der Waals surface area (Å²) in [5.74, 6) is -0.212. The first-order valence-corrected chi connectivity index (χ1v) is 5.39. The highest BCUT2D eigenvalue weighted by molar-refractivity contribution is 6.06. The number of nitrogens with zero attached hydrogens (tertiary/aromatic N) is 1. The molecule has 1 aromatic heterocycles. The van der Waals surface area contributed by atoms with Crippen LogP contribution in [0.25, 0.3) is 10.9 Å². The van der Waals surface area contributed by atoms with Gasteiger partial charge in [0.05, 0.1) is 29.4 Å². The topological polar surface area (TPSA) is 78.0 Å². The standard InChI is InChI=1S/C12H15N3O2/c1-12(2,7-16)14-11(17)8-4-3-5-10-9(8)6-13-15-10/h3-6,16H,7H2,1-2H3,(H,13,15)(H,14,17).